The van der Waals surface area contributed by atoms with Crippen molar-refractivity contribution in [1.82, 2.24) is 0 Å². The van der Waals surface area contributed by atoms with Gasteiger partial charge in [-0.1, -0.05) is 0 Å². The Morgan fingerprint density at radius 3 is 0.750 bits per heavy atom. The minimum absolute atomic E-state index is 0. The number of rotatable bonds is 0. The van der Waals surface area contributed by atoms with Crippen molar-refractivity contribution in [3.8, 4) is 0 Å². The molecule has 0 aromatic heterocycles. The van der Waals surface area contributed by atoms with Crippen LogP contribution in [0.4, 0.5) is 18.9 Å². The summed E-state index contributed by atoms with van der Waals surface area (Å²) in [4.78, 5) is 0. The van der Waals surface area contributed by atoms with Gasteiger partial charge in [0, 0.05) is 0 Å². The average Bonchev–Trinajstić information content (AvgIpc) is 0.592. The maximum Gasteiger partial charge on any atom is 1.00 e. The monoisotopic (exact) mass is 318 g/mol. The minimum Gasteiger partial charge on any atom is 1.00 e. The van der Waals surface area contributed by atoms with Crippen LogP contribution in [-0.4, -0.2) is 0 Å². The third kappa shape index (κ3) is 4260. The summed E-state index contributed by atoms with van der Waals surface area (Å²) >= 11 is -11.3. The van der Waals surface area contributed by atoms with Gasteiger partial charge >= 0.3 is 37.1 Å². The van der Waals surface area contributed by atoms with E-state index in [0.29, 0.717) is 0 Å². The van der Waals surface area contributed by atoms with Crippen molar-refractivity contribution >= 4 is 0 Å². The summed E-state index contributed by atoms with van der Waals surface area (Å²) in [5, 5.41) is 0. The van der Waals surface area contributed by atoms with Gasteiger partial charge in [0.1, 0.15) is 0 Å². The van der Waals surface area contributed by atoms with Gasteiger partial charge in [-0.25, -0.2) is 0 Å². The van der Waals surface area contributed by atoms with Gasteiger partial charge in [-0.3, -0.25) is 0 Å². The summed E-state index contributed by atoms with van der Waals surface area (Å²) in [7, 11) is 0. The third-order valence-electron chi connectivity index (χ3n) is 0. The SMILES string of the molecule is [F-].[F][W]([F])([F])([F])([F])[F].[H+]. The first kappa shape index (κ1) is 11.1. The maximum absolute atomic E-state index is 11.3. The molecule has 0 unspecified atom stereocenters. The van der Waals surface area contributed by atoms with Gasteiger partial charge in [0.05, 0.1) is 0 Å². The molecule has 0 aliphatic carbocycles. The Labute approximate surface area is 42.7 Å². The van der Waals surface area contributed by atoms with Gasteiger partial charge in [-0.2, -0.15) is 0 Å². The molecule has 0 aromatic rings. The van der Waals surface area contributed by atoms with Crippen molar-refractivity contribution in [3.05, 3.63) is 0 Å². The molecule has 0 nitrogen and oxygen atoms in total. The molecule has 8 heavy (non-hydrogen) atoms. The Balaban J connectivity index is -0.000000180. The van der Waals surface area contributed by atoms with E-state index in [1.807, 2.05) is 0 Å². The van der Waals surface area contributed by atoms with Gasteiger partial charge in [0.25, 0.3) is 0 Å². The first-order valence-electron chi connectivity index (χ1n) is 0.926. The molecular weight excluding hydrogens is 317 g/mol. The van der Waals surface area contributed by atoms with E-state index in [2.05, 4.69) is 0 Å². The van der Waals surface area contributed by atoms with Crippen molar-refractivity contribution in [2.75, 3.05) is 0 Å². The first-order valence-corrected chi connectivity index (χ1v) is 7.58. The number of hydrogen-bond donors (Lipinski definition) is 0. The van der Waals surface area contributed by atoms with E-state index in [1.54, 1.807) is 0 Å². The summed E-state index contributed by atoms with van der Waals surface area (Å²) in [6, 6.07) is 0. The van der Waals surface area contributed by atoms with Gasteiger partial charge in [0.2, 0.25) is 0 Å². The van der Waals surface area contributed by atoms with Crippen LogP contribution in [-0.2, 0) is 16.7 Å². The summed E-state index contributed by atoms with van der Waals surface area (Å²) < 4.78 is 59.6. The zero-order chi connectivity index (χ0) is 6.41. The normalized spacial score (nSPS) is 20.2. The fraction of sp³-hybridized carbons (Fsp3) is 0. The average molecular weight is 318 g/mol. The van der Waals surface area contributed by atoms with Crippen LogP contribution in [0.1, 0.15) is 1.43 Å². The van der Waals surface area contributed by atoms with Crippen LogP contribution in [0.2, 0.25) is 0 Å². The first-order chi connectivity index (χ1) is 2.45. The van der Waals surface area contributed by atoms with Gasteiger partial charge in [0.15, 0.2) is 0 Å². The van der Waals surface area contributed by atoms with E-state index >= 15 is 0 Å². The van der Waals surface area contributed by atoms with Gasteiger partial charge < -0.3 is 4.70 Å². The third-order valence-corrected chi connectivity index (χ3v) is 0. The second-order valence-electron chi connectivity index (χ2n) is 0.875. The Morgan fingerprint density at radius 1 is 0.750 bits per heavy atom. The van der Waals surface area contributed by atoms with Crippen LogP contribution in [0.5, 0.6) is 0 Å². The van der Waals surface area contributed by atoms with Crippen LogP contribution in [0, 0.1) is 0 Å². The van der Waals surface area contributed by atoms with E-state index in [1.165, 1.54) is 0 Å². The van der Waals surface area contributed by atoms with E-state index in [-0.39, 0.29) is 6.13 Å². The van der Waals surface area contributed by atoms with Crippen molar-refractivity contribution in [1.29, 1.82) is 0 Å². The van der Waals surface area contributed by atoms with Gasteiger partial charge in [-0.05, 0) is 0 Å². The Bertz CT molecular complexity index is 67.5. The van der Waals surface area contributed by atoms with Crippen molar-refractivity contribution < 1.29 is 41.8 Å². The molecule has 0 amide bonds. The maximum atomic E-state index is 9.93. The summed E-state index contributed by atoms with van der Waals surface area (Å²) in [5.74, 6) is 0. The molecule has 0 saturated carbocycles. The zero-order valence-corrected chi connectivity index (χ0v) is 5.99. The van der Waals surface area contributed by atoms with Crippen LogP contribution in [0.3, 0.4) is 0 Å². The predicted octanol–water partition coefficient (Wildman–Crippen LogP) is -0.365. The van der Waals surface area contributed by atoms with Gasteiger partial charge in [-0.15, -0.1) is 0 Å². The zero-order valence-electron chi connectivity index (χ0n) is 4.05. The summed E-state index contributed by atoms with van der Waals surface area (Å²) in [6.07, 6.45) is 0. The summed E-state index contributed by atoms with van der Waals surface area (Å²) in [5.41, 5.74) is 0. The quantitative estimate of drug-likeness (QED) is 0.535. The predicted molar refractivity (Wildman–Crippen MR) is 7.76 cm³/mol. The molecule has 0 aromatic carbocycles. The molecule has 0 atom stereocenters. The molecule has 0 bridgehead atoms. The molecule has 0 N–H and O–H groups in total. The molecule has 0 heterocycles. The minimum atomic E-state index is -11.3. The number of halogens is 7. The molecule has 0 spiro atoms. The molecule has 8 heteroatoms. The van der Waals surface area contributed by atoms with Crippen LogP contribution < -0.4 is 4.70 Å². The molecule has 0 aliphatic rings. The Morgan fingerprint density at radius 2 is 0.750 bits per heavy atom. The molecule has 0 fully saturated rings. The molecule has 0 aliphatic heterocycles. The van der Waals surface area contributed by atoms with E-state index in [0.717, 1.165) is 0 Å². The fourth-order valence-corrected chi connectivity index (χ4v) is 0. The summed E-state index contributed by atoms with van der Waals surface area (Å²) in [6.45, 7) is 0. The van der Waals surface area contributed by atoms with E-state index in [4.69, 9.17) is 0 Å². The fourth-order valence-electron chi connectivity index (χ4n) is 0. The topological polar surface area (TPSA) is 0 Å². The van der Waals surface area contributed by atoms with E-state index in [9.17, 15) is 18.9 Å². The second-order valence-corrected chi connectivity index (χ2v) is 7.16. The largest absolute Gasteiger partial charge is 1.00 e. The van der Waals surface area contributed by atoms with Crippen molar-refractivity contribution in [2.24, 2.45) is 0 Å². The van der Waals surface area contributed by atoms with Crippen molar-refractivity contribution in [3.63, 3.8) is 0 Å². The van der Waals surface area contributed by atoms with Crippen molar-refractivity contribution in [2.45, 2.75) is 0 Å². The van der Waals surface area contributed by atoms with E-state index < -0.39 is 16.7 Å². The second kappa shape index (κ2) is 1.20. The number of hydrogen-bond acceptors (Lipinski definition) is 0. The Hall–Kier alpha value is 0.198. The molecular formula is HF7W. The smallest absolute Gasteiger partial charge is 1.00 e. The standard InChI is InChI=1S/7FH.W/h7*1H;/q;;;;;;;+6/p-6. The molecule has 0 saturated heterocycles. The van der Waals surface area contributed by atoms with Crippen LogP contribution >= 0.6 is 0 Å². The molecule has 0 rings (SSSR count). The van der Waals surface area contributed by atoms with Crippen LogP contribution in [0.15, 0.2) is 0 Å². The molecule has 56 valence electrons. The van der Waals surface area contributed by atoms with Crippen LogP contribution in [0.25, 0.3) is 0 Å². The Kier molecular flexibility index (Phi) is 1.65. The molecule has 0 radical (unpaired) electrons.